The molecule has 1 aromatic heterocycles. The number of hydrogen-bond donors (Lipinski definition) is 1. The third-order valence-corrected chi connectivity index (χ3v) is 4.48. The highest BCUT2D eigenvalue weighted by atomic mass is 16.6. The Morgan fingerprint density at radius 3 is 2.58 bits per heavy atom. The van der Waals surface area contributed by atoms with Gasteiger partial charge < -0.3 is 23.9 Å². The monoisotopic (exact) mass is 459 g/mol. The van der Waals surface area contributed by atoms with E-state index in [4.69, 9.17) is 13.9 Å². The first-order valence-electron chi connectivity index (χ1n) is 9.88. The van der Waals surface area contributed by atoms with Crippen LogP contribution in [0.4, 0.5) is 10.5 Å². The van der Waals surface area contributed by atoms with Crippen LogP contribution in [-0.2, 0) is 16.1 Å². The number of amides is 3. The number of nitro groups is 1. The minimum Gasteiger partial charge on any atom is -0.490 e. The topological polar surface area (TPSA) is 150 Å². The molecule has 0 aliphatic carbocycles. The number of imide groups is 1. The summed E-state index contributed by atoms with van der Waals surface area (Å²) in [7, 11) is 1.20. The first-order chi connectivity index (χ1) is 15.8. The van der Waals surface area contributed by atoms with E-state index in [9.17, 15) is 24.5 Å². The molecule has 0 radical (unpaired) electrons. The second-order valence-electron chi connectivity index (χ2n) is 6.63. The molecule has 0 spiro atoms. The van der Waals surface area contributed by atoms with Crippen LogP contribution in [0.5, 0.6) is 11.5 Å². The zero-order chi connectivity index (χ0) is 24.1. The van der Waals surface area contributed by atoms with Crippen LogP contribution in [0.2, 0.25) is 0 Å². The van der Waals surface area contributed by atoms with Crippen LogP contribution >= 0.6 is 0 Å². The molecule has 2 heterocycles. The van der Waals surface area contributed by atoms with Crippen molar-refractivity contribution in [1.82, 2.24) is 10.2 Å². The molecule has 0 unspecified atom stereocenters. The summed E-state index contributed by atoms with van der Waals surface area (Å²) in [4.78, 5) is 48.4. The molecule has 1 aromatic carbocycles. The number of hydrogen-bond acceptors (Lipinski definition) is 9. The molecule has 3 amide bonds. The summed E-state index contributed by atoms with van der Waals surface area (Å²) in [5.41, 5.74) is -0.181. The summed E-state index contributed by atoms with van der Waals surface area (Å²) in [6, 6.07) is 4.79. The number of nitrogens with zero attached hydrogens (tertiary/aromatic N) is 2. The van der Waals surface area contributed by atoms with E-state index in [0.717, 1.165) is 4.90 Å². The lowest BCUT2D eigenvalue weighted by Crippen LogP contribution is -2.30. The Kier molecular flexibility index (Phi) is 6.96. The lowest BCUT2D eigenvalue weighted by atomic mass is 10.1. The van der Waals surface area contributed by atoms with E-state index in [2.05, 4.69) is 10.1 Å². The zero-order valence-electron chi connectivity index (χ0n) is 18.1. The molecule has 1 N–H and O–H groups in total. The van der Waals surface area contributed by atoms with E-state index in [1.54, 1.807) is 13.8 Å². The quantitative estimate of drug-likeness (QED) is 0.196. The molecule has 0 saturated carbocycles. The molecular weight excluding hydrogens is 438 g/mol. The lowest BCUT2D eigenvalue weighted by molar-refractivity contribution is -0.386. The molecule has 3 rings (SSSR count). The first kappa shape index (κ1) is 23.3. The number of methoxy groups -OCH3 is 1. The van der Waals surface area contributed by atoms with E-state index in [0.29, 0.717) is 0 Å². The average Bonchev–Trinajstić information content (AvgIpc) is 3.35. The van der Waals surface area contributed by atoms with Crippen molar-refractivity contribution in [2.24, 2.45) is 0 Å². The van der Waals surface area contributed by atoms with E-state index < -0.39 is 22.8 Å². The zero-order valence-corrected chi connectivity index (χ0v) is 18.1. The van der Waals surface area contributed by atoms with Gasteiger partial charge in [0.15, 0.2) is 5.75 Å². The van der Waals surface area contributed by atoms with Gasteiger partial charge in [-0.1, -0.05) is 0 Å². The predicted molar refractivity (Wildman–Crippen MR) is 113 cm³/mol. The summed E-state index contributed by atoms with van der Waals surface area (Å²) < 4.78 is 20.7. The van der Waals surface area contributed by atoms with Crippen LogP contribution in [0.15, 0.2) is 34.4 Å². The normalized spacial score (nSPS) is 14.4. The van der Waals surface area contributed by atoms with E-state index in [-0.39, 0.29) is 59.7 Å². The maximum atomic E-state index is 12.8. The van der Waals surface area contributed by atoms with Crippen molar-refractivity contribution in [1.29, 1.82) is 0 Å². The van der Waals surface area contributed by atoms with Gasteiger partial charge in [0.1, 0.15) is 11.5 Å². The van der Waals surface area contributed by atoms with Gasteiger partial charge in [-0.25, -0.2) is 9.59 Å². The number of nitro benzene ring substituents is 1. The maximum absolute atomic E-state index is 12.8. The number of carbonyl (C=O) groups is 3. The Hall–Kier alpha value is -4.35. The van der Waals surface area contributed by atoms with Gasteiger partial charge in [0.05, 0.1) is 31.8 Å². The number of ether oxygens (including phenoxy) is 3. The minimum atomic E-state index is -0.715. The van der Waals surface area contributed by atoms with Gasteiger partial charge in [-0.3, -0.25) is 19.8 Å². The second kappa shape index (κ2) is 9.85. The second-order valence-corrected chi connectivity index (χ2v) is 6.63. The first-order valence-corrected chi connectivity index (χ1v) is 9.88. The number of urea groups is 1. The Labute approximate surface area is 187 Å². The fourth-order valence-corrected chi connectivity index (χ4v) is 3.09. The summed E-state index contributed by atoms with van der Waals surface area (Å²) in [6.45, 7) is 3.59. The highest BCUT2D eigenvalue weighted by Gasteiger charge is 2.35. The number of rotatable bonds is 9. The van der Waals surface area contributed by atoms with Gasteiger partial charge in [0.2, 0.25) is 11.5 Å². The molecule has 1 saturated heterocycles. The van der Waals surface area contributed by atoms with Gasteiger partial charge in [0.25, 0.3) is 5.91 Å². The molecule has 1 aliphatic heterocycles. The minimum absolute atomic E-state index is 0.0193. The van der Waals surface area contributed by atoms with Crippen LogP contribution < -0.4 is 14.8 Å². The fourth-order valence-electron chi connectivity index (χ4n) is 3.09. The molecule has 0 atom stereocenters. The van der Waals surface area contributed by atoms with Crippen LogP contribution in [0, 0.1) is 10.1 Å². The van der Waals surface area contributed by atoms with Crippen molar-refractivity contribution >= 4 is 29.7 Å². The van der Waals surface area contributed by atoms with Crippen molar-refractivity contribution in [2.75, 3.05) is 20.3 Å². The summed E-state index contributed by atoms with van der Waals surface area (Å²) in [5.74, 6) is -1.13. The number of benzene rings is 1. The van der Waals surface area contributed by atoms with Gasteiger partial charge in [-0.05, 0) is 43.7 Å². The van der Waals surface area contributed by atoms with Crippen LogP contribution in [0.25, 0.3) is 6.08 Å². The van der Waals surface area contributed by atoms with Crippen molar-refractivity contribution in [2.45, 2.75) is 20.4 Å². The van der Waals surface area contributed by atoms with Crippen LogP contribution in [-0.4, -0.2) is 48.1 Å². The SMILES string of the molecule is CCOc1cc(C=C2NC(=O)N(Cc3ccc(C(=O)OC)o3)C2=O)cc([N+](=O)[O-])c1OCC. The van der Waals surface area contributed by atoms with E-state index in [1.807, 2.05) is 0 Å². The Balaban J connectivity index is 1.90. The van der Waals surface area contributed by atoms with Crippen molar-refractivity contribution in [3.63, 3.8) is 0 Å². The number of esters is 1. The highest BCUT2D eigenvalue weighted by Crippen LogP contribution is 2.39. The largest absolute Gasteiger partial charge is 0.490 e. The van der Waals surface area contributed by atoms with Crippen molar-refractivity contribution in [3.8, 4) is 11.5 Å². The third-order valence-electron chi connectivity index (χ3n) is 4.48. The lowest BCUT2D eigenvalue weighted by Gasteiger charge is -2.12. The maximum Gasteiger partial charge on any atom is 0.373 e. The summed E-state index contributed by atoms with van der Waals surface area (Å²) in [6.07, 6.45) is 1.30. The predicted octanol–water partition coefficient (Wildman–Crippen LogP) is 2.86. The molecule has 12 nitrogen and oxygen atoms in total. The molecule has 0 bridgehead atoms. The Morgan fingerprint density at radius 1 is 1.21 bits per heavy atom. The van der Waals surface area contributed by atoms with E-state index in [1.165, 1.54) is 37.5 Å². The van der Waals surface area contributed by atoms with Gasteiger partial charge >= 0.3 is 17.7 Å². The van der Waals surface area contributed by atoms with Crippen molar-refractivity contribution in [3.05, 3.63) is 57.2 Å². The molecule has 2 aromatic rings. The van der Waals surface area contributed by atoms with Gasteiger partial charge in [0, 0.05) is 6.07 Å². The van der Waals surface area contributed by atoms with E-state index >= 15 is 0 Å². The third kappa shape index (κ3) is 4.95. The number of carbonyl (C=O) groups excluding carboxylic acids is 3. The highest BCUT2D eigenvalue weighted by molar-refractivity contribution is 6.13. The molecular formula is C21H21N3O9. The molecule has 1 aliphatic rings. The molecule has 1 fully saturated rings. The van der Waals surface area contributed by atoms with Crippen LogP contribution in [0.3, 0.4) is 0 Å². The van der Waals surface area contributed by atoms with Gasteiger partial charge in [-0.15, -0.1) is 0 Å². The molecule has 12 heteroatoms. The van der Waals surface area contributed by atoms with Crippen LogP contribution in [0.1, 0.15) is 35.7 Å². The number of nitrogens with one attached hydrogen (secondary N) is 1. The summed E-state index contributed by atoms with van der Waals surface area (Å²) in [5, 5.41) is 14.0. The smallest absolute Gasteiger partial charge is 0.373 e. The summed E-state index contributed by atoms with van der Waals surface area (Å²) >= 11 is 0. The fraction of sp³-hybridized carbons (Fsp3) is 0.286. The Morgan fingerprint density at radius 2 is 1.94 bits per heavy atom. The molecule has 33 heavy (non-hydrogen) atoms. The van der Waals surface area contributed by atoms with Gasteiger partial charge in [-0.2, -0.15) is 0 Å². The standard InChI is InChI=1S/C21H21N3O9/c1-4-31-17-10-12(9-15(24(28)29)18(17)32-5-2)8-14-19(25)23(21(27)22-14)11-13-6-7-16(33-13)20(26)30-3/h6-10H,4-5,11H2,1-3H3,(H,22,27). The Bertz CT molecular complexity index is 1140. The number of furan rings is 1. The molecule has 174 valence electrons. The van der Waals surface area contributed by atoms with Crippen molar-refractivity contribution < 1.29 is 37.9 Å². The average molecular weight is 459 g/mol.